The lowest BCUT2D eigenvalue weighted by Crippen LogP contribution is -2.32. The summed E-state index contributed by atoms with van der Waals surface area (Å²) in [5, 5.41) is 2.89. The number of carbonyl (C=O) groups is 3. The van der Waals surface area contributed by atoms with Crippen molar-refractivity contribution in [3.63, 3.8) is 0 Å². The van der Waals surface area contributed by atoms with E-state index in [2.05, 4.69) is 5.32 Å². The molecule has 0 spiro atoms. The fourth-order valence-electron chi connectivity index (χ4n) is 3.90. The molecule has 0 unspecified atom stereocenters. The van der Waals surface area contributed by atoms with Gasteiger partial charge in [-0.3, -0.25) is 14.4 Å². The fraction of sp³-hybridized carbons (Fsp3) is 0.192. The Balaban J connectivity index is 1.56. The van der Waals surface area contributed by atoms with Gasteiger partial charge in [-0.15, -0.1) is 0 Å². The summed E-state index contributed by atoms with van der Waals surface area (Å²) in [4.78, 5) is 39.2. The van der Waals surface area contributed by atoms with Crippen LogP contribution < -0.4 is 5.32 Å². The molecular formula is C26H24N2O3. The second kappa shape index (κ2) is 8.56. The molecule has 4 rings (SSSR count). The number of Topliss-reactive ketones (excluding diaryl/α,β-unsaturated/α-hetero) is 1. The number of nitrogens with zero attached hydrogens (tertiary/aromatic N) is 1. The molecular weight excluding hydrogens is 388 g/mol. The summed E-state index contributed by atoms with van der Waals surface area (Å²) in [5.74, 6) is -0.269. The van der Waals surface area contributed by atoms with Crippen LogP contribution >= 0.6 is 0 Å². The standard InChI is InChI=1S/C26H24N2O3/c1-17-7-9-20(10-8-17)24(28-16-21-5-3-4-6-23(21)26(28)31)15-25(30)27-22-13-11-19(12-14-22)18(2)29/h3-14,24H,15-16H2,1-2H3,(H,27,30)/t24-/m0/s1. The van der Waals surface area contributed by atoms with E-state index < -0.39 is 0 Å². The van der Waals surface area contributed by atoms with E-state index in [9.17, 15) is 14.4 Å². The highest BCUT2D eigenvalue weighted by Crippen LogP contribution is 2.33. The van der Waals surface area contributed by atoms with Crippen LogP contribution in [0.15, 0.2) is 72.8 Å². The average molecular weight is 412 g/mol. The molecule has 1 atom stereocenters. The quantitative estimate of drug-likeness (QED) is 0.584. The van der Waals surface area contributed by atoms with Crippen LogP contribution in [0.2, 0.25) is 0 Å². The number of fused-ring (bicyclic) bond motifs is 1. The molecule has 0 saturated carbocycles. The Morgan fingerprint density at radius 3 is 2.29 bits per heavy atom. The van der Waals surface area contributed by atoms with E-state index in [-0.39, 0.29) is 30.1 Å². The molecule has 0 aliphatic carbocycles. The van der Waals surface area contributed by atoms with E-state index >= 15 is 0 Å². The van der Waals surface area contributed by atoms with Crippen molar-refractivity contribution in [1.29, 1.82) is 0 Å². The molecule has 31 heavy (non-hydrogen) atoms. The number of aryl methyl sites for hydroxylation is 1. The molecule has 1 heterocycles. The summed E-state index contributed by atoms with van der Waals surface area (Å²) in [7, 11) is 0. The van der Waals surface area contributed by atoms with Crippen LogP contribution in [0.25, 0.3) is 0 Å². The Labute approximate surface area is 181 Å². The second-order valence-electron chi connectivity index (χ2n) is 7.90. The number of rotatable bonds is 6. The third kappa shape index (κ3) is 4.40. The minimum Gasteiger partial charge on any atom is -0.327 e. The first-order chi connectivity index (χ1) is 14.9. The molecule has 1 N–H and O–H groups in total. The zero-order chi connectivity index (χ0) is 22.0. The molecule has 5 nitrogen and oxygen atoms in total. The highest BCUT2D eigenvalue weighted by Gasteiger charge is 2.34. The molecule has 1 aliphatic heterocycles. The van der Waals surface area contributed by atoms with Crippen LogP contribution in [0, 0.1) is 6.92 Å². The van der Waals surface area contributed by atoms with Gasteiger partial charge in [-0.1, -0.05) is 48.0 Å². The Bertz CT molecular complexity index is 1130. The summed E-state index contributed by atoms with van der Waals surface area (Å²) in [6, 6.07) is 21.9. The number of amides is 2. The first kappa shape index (κ1) is 20.5. The van der Waals surface area contributed by atoms with Crippen molar-refractivity contribution < 1.29 is 14.4 Å². The van der Waals surface area contributed by atoms with Crippen LogP contribution in [-0.2, 0) is 11.3 Å². The topological polar surface area (TPSA) is 66.5 Å². The lowest BCUT2D eigenvalue weighted by Gasteiger charge is -2.28. The van der Waals surface area contributed by atoms with Gasteiger partial charge >= 0.3 is 0 Å². The minimum absolute atomic E-state index is 0.0237. The van der Waals surface area contributed by atoms with Gasteiger partial charge < -0.3 is 10.2 Å². The summed E-state index contributed by atoms with van der Waals surface area (Å²) in [6.45, 7) is 3.99. The summed E-state index contributed by atoms with van der Waals surface area (Å²) in [6.07, 6.45) is 0.136. The molecule has 1 aliphatic rings. The SMILES string of the molecule is CC(=O)c1ccc(NC(=O)C[C@@H](c2ccc(C)cc2)N2Cc3ccccc3C2=O)cc1. The zero-order valence-electron chi connectivity index (χ0n) is 17.6. The molecule has 0 aromatic heterocycles. The predicted molar refractivity (Wildman–Crippen MR) is 120 cm³/mol. The second-order valence-corrected chi connectivity index (χ2v) is 7.90. The molecule has 3 aromatic rings. The van der Waals surface area contributed by atoms with Crippen molar-refractivity contribution >= 4 is 23.3 Å². The Morgan fingerprint density at radius 2 is 1.65 bits per heavy atom. The first-order valence-electron chi connectivity index (χ1n) is 10.3. The lowest BCUT2D eigenvalue weighted by atomic mass is 10.00. The predicted octanol–water partition coefficient (Wildman–Crippen LogP) is 4.92. The van der Waals surface area contributed by atoms with E-state index in [1.807, 2.05) is 55.5 Å². The van der Waals surface area contributed by atoms with Crippen LogP contribution in [0.1, 0.15) is 56.8 Å². The number of anilines is 1. The van der Waals surface area contributed by atoms with E-state index in [0.717, 1.165) is 16.7 Å². The van der Waals surface area contributed by atoms with Crippen molar-refractivity contribution in [2.24, 2.45) is 0 Å². The van der Waals surface area contributed by atoms with Gasteiger partial charge in [-0.05, 0) is 55.3 Å². The molecule has 0 saturated heterocycles. The Kier molecular flexibility index (Phi) is 5.67. The third-order valence-electron chi connectivity index (χ3n) is 5.64. The van der Waals surface area contributed by atoms with Gasteiger partial charge in [0.15, 0.2) is 5.78 Å². The number of ketones is 1. The van der Waals surface area contributed by atoms with Crippen molar-refractivity contribution in [1.82, 2.24) is 4.90 Å². The van der Waals surface area contributed by atoms with E-state index in [1.165, 1.54) is 6.92 Å². The van der Waals surface area contributed by atoms with Gasteiger partial charge in [0.05, 0.1) is 12.5 Å². The normalized spacial score (nSPS) is 13.6. The number of carbonyl (C=O) groups excluding carboxylic acids is 3. The molecule has 2 amide bonds. The van der Waals surface area contributed by atoms with Crippen LogP contribution in [-0.4, -0.2) is 22.5 Å². The largest absolute Gasteiger partial charge is 0.327 e. The van der Waals surface area contributed by atoms with Crippen LogP contribution in [0.4, 0.5) is 5.69 Å². The maximum absolute atomic E-state index is 13.1. The zero-order valence-corrected chi connectivity index (χ0v) is 17.6. The van der Waals surface area contributed by atoms with Crippen LogP contribution in [0.3, 0.4) is 0 Å². The maximum Gasteiger partial charge on any atom is 0.255 e. The number of hydrogen-bond acceptors (Lipinski definition) is 3. The third-order valence-corrected chi connectivity index (χ3v) is 5.64. The average Bonchev–Trinajstić information content (AvgIpc) is 3.10. The molecule has 0 radical (unpaired) electrons. The van der Waals surface area contributed by atoms with Crippen molar-refractivity contribution in [2.75, 3.05) is 5.32 Å². The van der Waals surface area contributed by atoms with Gasteiger partial charge in [0, 0.05) is 23.4 Å². The van der Waals surface area contributed by atoms with E-state index in [4.69, 9.17) is 0 Å². The highest BCUT2D eigenvalue weighted by molar-refractivity contribution is 5.99. The molecule has 5 heteroatoms. The van der Waals surface area contributed by atoms with Crippen molar-refractivity contribution in [3.8, 4) is 0 Å². The van der Waals surface area contributed by atoms with Gasteiger partial charge in [0.25, 0.3) is 5.91 Å². The van der Waals surface area contributed by atoms with Gasteiger partial charge in [0.2, 0.25) is 5.91 Å². The van der Waals surface area contributed by atoms with Crippen molar-refractivity contribution in [3.05, 3.63) is 101 Å². The summed E-state index contributed by atoms with van der Waals surface area (Å²) >= 11 is 0. The Hall–Kier alpha value is -3.73. The fourth-order valence-corrected chi connectivity index (χ4v) is 3.90. The smallest absolute Gasteiger partial charge is 0.255 e. The Morgan fingerprint density at radius 1 is 0.968 bits per heavy atom. The number of benzene rings is 3. The molecule has 0 fully saturated rings. The molecule has 0 bridgehead atoms. The number of hydrogen-bond donors (Lipinski definition) is 1. The monoisotopic (exact) mass is 412 g/mol. The van der Waals surface area contributed by atoms with Crippen LogP contribution in [0.5, 0.6) is 0 Å². The highest BCUT2D eigenvalue weighted by atomic mass is 16.2. The van der Waals surface area contributed by atoms with Gasteiger partial charge in [-0.2, -0.15) is 0 Å². The summed E-state index contributed by atoms with van der Waals surface area (Å²) in [5.41, 5.74) is 4.93. The lowest BCUT2D eigenvalue weighted by molar-refractivity contribution is -0.117. The van der Waals surface area contributed by atoms with Gasteiger partial charge in [-0.25, -0.2) is 0 Å². The summed E-state index contributed by atoms with van der Waals surface area (Å²) < 4.78 is 0. The molecule has 156 valence electrons. The van der Waals surface area contributed by atoms with E-state index in [0.29, 0.717) is 23.4 Å². The number of nitrogens with one attached hydrogen (secondary N) is 1. The van der Waals surface area contributed by atoms with Gasteiger partial charge in [0.1, 0.15) is 0 Å². The van der Waals surface area contributed by atoms with Crippen molar-refractivity contribution in [2.45, 2.75) is 32.9 Å². The molecule has 3 aromatic carbocycles. The first-order valence-corrected chi connectivity index (χ1v) is 10.3. The minimum atomic E-state index is -0.378. The maximum atomic E-state index is 13.1. The van der Waals surface area contributed by atoms with E-state index in [1.54, 1.807) is 29.2 Å².